The molecule has 0 heterocycles. The zero-order valence-corrected chi connectivity index (χ0v) is 17.0. The number of nitrogens with zero attached hydrogens (tertiary/aromatic N) is 1. The fourth-order valence-electron chi connectivity index (χ4n) is 3.61. The highest BCUT2D eigenvalue weighted by Crippen LogP contribution is 2.23. The Labute approximate surface area is 167 Å². The zero-order chi connectivity index (χ0) is 19.9. The SMILES string of the molecule is CN(C)CCc1ccc(NC(=O)CCC(=O)c2ccc3c(c2)CCCC3)cc1. The average Bonchev–Trinajstić information content (AvgIpc) is 2.71. The maximum atomic E-state index is 12.5. The molecule has 1 amide bonds. The number of carbonyl (C=O) groups excluding carboxylic acids is 2. The van der Waals surface area contributed by atoms with E-state index in [4.69, 9.17) is 0 Å². The average molecular weight is 379 g/mol. The summed E-state index contributed by atoms with van der Waals surface area (Å²) in [5.74, 6) is -0.0742. The smallest absolute Gasteiger partial charge is 0.224 e. The van der Waals surface area contributed by atoms with Gasteiger partial charge in [-0.05, 0) is 81.1 Å². The van der Waals surface area contributed by atoms with Gasteiger partial charge in [-0.3, -0.25) is 9.59 Å². The van der Waals surface area contributed by atoms with Crippen LogP contribution in [0.2, 0.25) is 0 Å². The molecular weight excluding hydrogens is 348 g/mol. The molecule has 28 heavy (non-hydrogen) atoms. The quantitative estimate of drug-likeness (QED) is 0.698. The molecule has 1 N–H and O–H groups in total. The zero-order valence-electron chi connectivity index (χ0n) is 17.0. The molecule has 0 saturated carbocycles. The van der Waals surface area contributed by atoms with Gasteiger partial charge in [0.15, 0.2) is 5.78 Å². The van der Waals surface area contributed by atoms with Crippen LogP contribution in [0.1, 0.15) is 52.7 Å². The van der Waals surface area contributed by atoms with Crippen molar-refractivity contribution in [3.8, 4) is 0 Å². The van der Waals surface area contributed by atoms with Crippen LogP contribution in [0.25, 0.3) is 0 Å². The summed E-state index contributed by atoms with van der Waals surface area (Å²) in [6, 6.07) is 14.0. The highest BCUT2D eigenvalue weighted by atomic mass is 16.2. The van der Waals surface area contributed by atoms with Crippen LogP contribution in [0.15, 0.2) is 42.5 Å². The van der Waals surface area contributed by atoms with Crippen molar-refractivity contribution in [2.75, 3.05) is 26.0 Å². The lowest BCUT2D eigenvalue weighted by Gasteiger charge is -2.16. The highest BCUT2D eigenvalue weighted by Gasteiger charge is 2.14. The molecule has 2 aromatic rings. The molecule has 0 aliphatic heterocycles. The fraction of sp³-hybridized carbons (Fsp3) is 0.417. The molecule has 0 aromatic heterocycles. The molecule has 4 nitrogen and oxygen atoms in total. The van der Waals surface area contributed by atoms with Gasteiger partial charge in [0.05, 0.1) is 0 Å². The minimum Gasteiger partial charge on any atom is -0.326 e. The Kier molecular flexibility index (Phi) is 6.99. The first-order chi connectivity index (χ1) is 13.5. The third-order valence-electron chi connectivity index (χ3n) is 5.33. The largest absolute Gasteiger partial charge is 0.326 e. The Hall–Kier alpha value is -2.46. The van der Waals surface area contributed by atoms with Crippen molar-refractivity contribution < 1.29 is 9.59 Å². The third kappa shape index (κ3) is 5.77. The van der Waals surface area contributed by atoms with Gasteiger partial charge < -0.3 is 10.2 Å². The summed E-state index contributed by atoms with van der Waals surface area (Å²) >= 11 is 0. The molecular formula is C24H30N2O2. The van der Waals surface area contributed by atoms with Crippen molar-refractivity contribution in [3.05, 3.63) is 64.7 Å². The molecule has 1 aliphatic rings. The minimum atomic E-state index is -0.118. The monoisotopic (exact) mass is 378 g/mol. The number of aryl methyl sites for hydroxylation is 2. The van der Waals surface area contributed by atoms with Gasteiger partial charge in [-0.2, -0.15) is 0 Å². The second-order valence-electron chi connectivity index (χ2n) is 7.91. The van der Waals surface area contributed by atoms with Crippen LogP contribution >= 0.6 is 0 Å². The van der Waals surface area contributed by atoms with Crippen molar-refractivity contribution >= 4 is 17.4 Å². The molecule has 0 atom stereocenters. The van der Waals surface area contributed by atoms with Crippen LogP contribution in [-0.2, 0) is 24.1 Å². The van der Waals surface area contributed by atoms with Crippen molar-refractivity contribution in [1.82, 2.24) is 4.90 Å². The first-order valence-electron chi connectivity index (χ1n) is 10.2. The number of fused-ring (bicyclic) bond motifs is 1. The van der Waals surface area contributed by atoms with E-state index >= 15 is 0 Å². The number of hydrogen-bond donors (Lipinski definition) is 1. The fourth-order valence-corrected chi connectivity index (χ4v) is 3.61. The number of ketones is 1. The van der Waals surface area contributed by atoms with Crippen LogP contribution < -0.4 is 5.32 Å². The Balaban J connectivity index is 1.48. The maximum absolute atomic E-state index is 12.5. The first-order valence-corrected chi connectivity index (χ1v) is 10.2. The topological polar surface area (TPSA) is 49.4 Å². The summed E-state index contributed by atoms with van der Waals surface area (Å²) in [7, 11) is 4.11. The lowest BCUT2D eigenvalue weighted by molar-refractivity contribution is -0.116. The number of likely N-dealkylation sites (N-methyl/N-ethyl adjacent to an activating group) is 1. The molecule has 0 spiro atoms. The number of rotatable bonds is 8. The first kappa shape index (κ1) is 20.3. The van der Waals surface area contributed by atoms with Crippen LogP contribution in [0.5, 0.6) is 0 Å². The number of amides is 1. The molecule has 3 rings (SSSR count). The maximum Gasteiger partial charge on any atom is 0.224 e. The van der Waals surface area contributed by atoms with Crippen molar-refractivity contribution in [1.29, 1.82) is 0 Å². The van der Waals surface area contributed by atoms with E-state index in [0.29, 0.717) is 0 Å². The van der Waals surface area contributed by atoms with Gasteiger partial charge in [0.1, 0.15) is 0 Å². The van der Waals surface area contributed by atoms with E-state index in [0.717, 1.165) is 37.1 Å². The van der Waals surface area contributed by atoms with Gasteiger partial charge in [-0.1, -0.05) is 24.3 Å². The summed E-state index contributed by atoms with van der Waals surface area (Å²) in [4.78, 5) is 26.8. The number of benzene rings is 2. The van der Waals surface area contributed by atoms with Gasteiger partial charge in [0.2, 0.25) is 5.91 Å². The van der Waals surface area contributed by atoms with Gasteiger partial charge in [0, 0.05) is 30.6 Å². The van der Waals surface area contributed by atoms with E-state index in [9.17, 15) is 9.59 Å². The summed E-state index contributed by atoms with van der Waals surface area (Å²) in [6.45, 7) is 0.997. The van der Waals surface area contributed by atoms with E-state index < -0.39 is 0 Å². The molecule has 2 aromatic carbocycles. The number of Topliss-reactive ketones (excluding diaryl/α,β-unsaturated/α-hetero) is 1. The third-order valence-corrected chi connectivity index (χ3v) is 5.33. The summed E-state index contributed by atoms with van der Waals surface area (Å²) < 4.78 is 0. The van der Waals surface area contributed by atoms with Crippen LogP contribution in [-0.4, -0.2) is 37.2 Å². The molecule has 4 heteroatoms. The second-order valence-corrected chi connectivity index (χ2v) is 7.91. The van der Waals surface area contributed by atoms with Gasteiger partial charge in [-0.25, -0.2) is 0 Å². The van der Waals surface area contributed by atoms with E-state index in [-0.39, 0.29) is 24.5 Å². The van der Waals surface area contributed by atoms with E-state index in [1.165, 1.54) is 29.5 Å². The van der Waals surface area contributed by atoms with Crippen molar-refractivity contribution in [2.24, 2.45) is 0 Å². The van der Waals surface area contributed by atoms with E-state index in [2.05, 4.69) is 30.4 Å². The van der Waals surface area contributed by atoms with E-state index in [1.807, 2.05) is 36.4 Å². The molecule has 0 bridgehead atoms. The molecule has 0 fully saturated rings. The second kappa shape index (κ2) is 9.65. The standard InChI is InChI=1S/C24H30N2O2/c1-26(2)16-15-18-7-11-22(12-8-18)25-24(28)14-13-23(27)21-10-9-19-5-3-4-6-20(19)17-21/h7-12,17H,3-6,13-16H2,1-2H3,(H,25,28). The summed E-state index contributed by atoms with van der Waals surface area (Å²) in [6.07, 6.45) is 6.03. The van der Waals surface area contributed by atoms with Gasteiger partial charge in [0.25, 0.3) is 0 Å². The van der Waals surface area contributed by atoms with E-state index in [1.54, 1.807) is 0 Å². The summed E-state index contributed by atoms with van der Waals surface area (Å²) in [5.41, 5.74) is 5.43. The lowest BCUT2D eigenvalue weighted by Crippen LogP contribution is -2.15. The molecule has 0 radical (unpaired) electrons. The van der Waals surface area contributed by atoms with Crippen LogP contribution in [0.3, 0.4) is 0 Å². The Bertz CT molecular complexity index is 825. The minimum absolute atomic E-state index is 0.0440. The predicted octanol–water partition coefficient (Wildman–Crippen LogP) is 4.27. The molecule has 1 aliphatic carbocycles. The van der Waals surface area contributed by atoms with Gasteiger partial charge in [-0.15, -0.1) is 0 Å². The Morgan fingerprint density at radius 1 is 0.929 bits per heavy atom. The molecule has 0 saturated heterocycles. The van der Waals surface area contributed by atoms with Crippen LogP contribution in [0, 0.1) is 0 Å². The number of nitrogens with one attached hydrogen (secondary N) is 1. The number of hydrogen-bond acceptors (Lipinski definition) is 3. The van der Waals surface area contributed by atoms with Crippen molar-refractivity contribution in [3.63, 3.8) is 0 Å². The number of anilines is 1. The van der Waals surface area contributed by atoms with Crippen LogP contribution in [0.4, 0.5) is 5.69 Å². The lowest BCUT2D eigenvalue weighted by atomic mass is 9.89. The highest BCUT2D eigenvalue weighted by molar-refractivity contribution is 6.00. The predicted molar refractivity (Wildman–Crippen MR) is 114 cm³/mol. The molecule has 0 unspecified atom stereocenters. The Morgan fingerprint density at radius 3 is 2.36 bits per heavy atom. The molecule has 148 valence electrons. The normalized spacial score (nSPS) is 13.2. The Morgan fingerprint density at radius 2 is 1.64 bits per heavy atom. The van der Waals surface area contributed by atoms with Crippen molar-refractivity contribution in [2.45, 2.75) is 44.9 Å². The van der Waals surface area contributed by atoms with Gasteiger partial charge >= 0.3 is 0 Å². The number of carbonyl (C=O) groups is 2. The summed E-state index contributed by atoms with van der Waals surface area (Å²) in [5, 5.41) is 2.89.